The second kappa shape index (κ2) is 13.7. The van der Waals surface area contributed by atoms with E-state index in [4.69, 9.17) is 14.7 Å². The Kier molecular flexibility index (Phi) is 8.72. The molecule has 2 heterocycles. The van der Waals surface area contributed by atoms with Crippen LogP contribution in [0.25, 0.3) is 5.70 Å². The van der Waals surface area contributed by atoms with E-state index in [0.29, 0.717) is 11.8 Å². The van der Waals surface area contributed by atoms with Crippen LogP contribution in [0.5, 0.6) is 0 Å². The monoisotopic (exact) mass is 670 g/mol. The summed E-state index contributed by atoms with van der Waals surface area (Å²) in [6, 6.07) is 9.52. The van der Waals surface area contributed by atoms with Crippen LogP contribution in [0.15, 0.2) is 160 Å². The molecule has 2 aliphatic heterocycles. The molecule has 3 nitrogen and oxygen atoms in total. The summed E-state index contributed by atoms with van der Waals surface area (Å²) in [6.07, 6.45) is 47.2. The minimum absolute atomic E-state index is 0.0918. The van der Waals surface area contributed by atoms with Gasteiger partial charge in [0, 0.05) is 28.7 Å². The minimum atomic E-state index is -0.118. The molecule has 0 bridgehead atoms. The second-order valence-electron chi connectivity index (χ2n) is 15.8. The molecule has 3 heteroatoms. The number of ether oxygens (including phenoxy) is 1. The molecular formula is C48H50N2O. The van der Waals surface area contributed by atoms with Crippen LogP contribution in [0.4, 0.5) is 0 Å². The van der Waals surface area contributed by atoms with E-state index in [1.807, 2.05) is 0 Å². The molecule has 9 rings (SSSR count). The van der Waals surface area contributed by atoms with E-state index in [-0.39, 0.29) is 35.4 Å². The van der Waals surface area contributed by atoms with Gasteiger partial charge >= 0.3 is 0 Å². The Balaban J connectivity index is 1.12. The Morgan fingerprint density at radius 3 is 2.59 bits per heavy atom. The normalized spacial score (nSPS) is 35.3. The van der Waals surface area contributed by atoms with Crippen molar-refractivity contribution in [2.75, 3.05) is 0 Å². The average molecular weight is 671 g/mol. The minimum Gasteiger partial charge on any atom is -0.370 e. The van der Waals surface area contributed by atoms with Crippen molar-refractivity contribution in [1.29, 1.82) is 0 Å². The highest BCUT2D eigenvalue weighted by Crippen LogP contribution is 2.59. The van der Waals surface area contributed by atoms with Crippen molar-refractivity contribution >= 4 is 17.2 Å². The highest BCUT2D eigenvalue weighted by Gasteiger charge is 2.57. The second-order valence-corrected chi connectivity index (χ2v) is 15.8. The van der Waals surface area contributed by atoms with Crippen LogP contribution in [0.3, 0.4) is 0 Å². The van der Waals surface area contributed by atoms with Gasteiger partial charge in [-0.3, -0.25) is 0 Å². The quantitative estimate of drug-likeness (QED) is 0.307. The van der Waals surface area contributed by atoms with Crippen molar-refractivity contribution in [1.82, 2.24) is 0 Å². The molecular weight excluding hydrogens is 621 g/mol. The molecule has 8 atom stereocenters. The van der Waals surface area contributed by atoms with Gasteiger partial charge in [0.15, 0.2) is 0 Å². The van der Waals surface area contributed by atoms with Crippen LogP contribution >= 0.6 is 0 Å². The van der Waals surface area contributed by atoms with Gasteiger partial charge in [-0.15, -0.1) is 0 Å². The lowest BCUT2D eigenvalue weighted by molar-refractivity contribution is -0.134. The maximum atomic E-state index is 6.94. The number of allylic oxidation sites excluding steroid dienone is 17. The van der Waals surface area contributed by atoms with Crippen molar-refractivity contribution in [2.45, 2.75) is 82.3 Å². The van der Waals surface area contributed by atoms with Gasteiger partial charge in [-0.05, 0) is 85.1 Å². The molecule has 0 aromatic heterocycles. The topological polar surface area (TPSA) is 34.0 Å². The maximum Gasteiger partial charge on any atom is 0.136 e. The number of fused-ring (bicyclic) bond motifs is 3. The number of rotatable bonds is 5. The van der Waals surface area contributed by atoms with E-state index in [9.17, 15) is 0 Å². The van der Waals surface area contributed by atoms with E-state index < -0.39 is 0 Å². The number of aliphatic imine (C=N–C) groups is 2. The molecule has 1 saturated carbocycles. The number of amidine groups is 1. The first-order valence-corrected chi connectivity index (χ1v) is 19.6. The van der Waals surface area contributed by atoms with Crippen LogP contribution in [0.2, 0.25) is 0 Å². The number of benzene rings is 1. The predicted molar refractivity (Wildman–Crippen MR) is 213 cm³/mol. The van der Waals surface area contributed by atoms with E-state index in [2.05, 4.69) is 135 Å². The molecule has 0 radical (unpaired) electrons. The van der Waals surface area contributed by atoms with Gasteiger partial charge in [0.1, 0.15) is 5.84 Å². The average Bonchev–Trinajstić information content (AvgIpc) is 3.36. The summed E-state index contributed by atoms with van der Waals surface area (Å²) in [5.41, 5.74) is 9.77. The third-order valence-electron chi connectivity index (χ3n) is 12.7. The smallest absolute Gasteiger partial charge is 0.136 e. The summed E-state index contributed by atoms with van der Waals surface area (Å²) in [5, 5.41) is 0. The molecule has 8 aliphatic rings. The van der Waals surface area contributed by atoms with Crippen molar-refractivity contribution in [3.63, 3.8) is 0 Å². The molecule has 1 aromatic rings. The standard InChI is InChI=1S/C48H50N2O/c1-32-13-12-18-40(29-32)48(41-19-8-10-21-44(41)51-45-22-11-9-20-42(45)48)39-27-25-35(26-28-39)43-30-33(2)46(50-47(49-43)36-15-4-3-5-16-36)38-24-23-34-14-6-7-17-37(34)31-38/h3-5,7-8,10,12-13,15,17-19,21,23,25-28,30-32,36,38,41-42,44-45H,2,6,9,11,14,16,20,22,24,29H2,1H3. The van der Waals surface area contributed by atoms with Crippen molar-refractivity contribution < 1.29 is 4.74 Å². The molecule has 0 spiro atoms. The molecule has 258 valence electrons. The molecule has 1 saturated heterocycles. The summed E-state index contributed by atoms with van der Waals surface area (Å²) < 4.78 is 6.94. The van der Waals surface area contributed by atoms with E-state index in [0.717, 1.165) is 66.9 Å². The van der Waals surface area contributed by atoms with Crippen LogP contribution in [0, 0.1) is 29.6 Å². The van der Waals surface area contributed by atoms with E-state index >= 15 is 0 Å². The number of nitrogens with zero attached hydrogens (tertiary/aromatic N) is 2. The Labute approximate surface area is 304 Å². The lowest BCUT2D eigenvalue weighted by Crippen LogP contribution is -2.59. The first-order valence-electron chi connectivity index (χ1n) is 19.6. The van der Waals surface area contributed by atoms with Crippen LogP contribution in [-0.2, 0) is 10.2 Å². The molecule has 0 amide bonds. The summed E-state index contributed by atoms with van der Waals surface area (Å²) in [7, 11) is 0. The zero-order chi connectivity index (χ0) is 34.4. The summed E-state index contributed by atoms with van der Waals surface area (Å²) in [4.78, 5) is 10.7. The van der Waals surface area contributed by atoms with E-state index in [1.54, 1.807) is 5.57 Å². The zero-order valence-corrected chi connectivity index (χ0v) is 30.0. The molecule has 6 aliphatic carbocycles. The predicted octanol–water partition coefficient (Wildman–Crippen LogP) is 11.3. The summed E-state index contributed by atoms with van der Waals surface area (Å²) >= 11 is 0. The lowest BCUT2D eigenvalue weighted by atomic mass is 9.50. The fourth-order valence-electron chi connectivity index (χ4n) is 10.3. The Morgan fingerprint density at radius 2 is 1.73 bits per heavy atom. The molecule has 1 aromatic carbocycles. The fourth-order valence-corrected chi connectivity index (χ4v) is 10.3. The van der Waals surface area contributed by atoms with Crippen molar-refractivity contribution in [2.24, 2.45) is 39.6 Å². The van der Waals surface area contributed by atoms with Crippen LogP contribution < -0.4 is 0 Å². The zero-order valence-electron chi connectivity index (χ0n) is 30.0. The summed E-state index contributed by atoms with van der Waals surface area (Å²) in [5.74, 6) is 2.44. The summed E-state index contributed by atoms with van der Waals surface area (Å²) in [6.45, 7) is 7.00. The van der Waals surface area contributed by atoms with Crippen molar-refractivity contribution in [3.8, 4) is 0 Å². The largest absolute Gasteiger partial charge is 0.370 e. The Hall–Kier alpha value is -4.34. The van der Waals surface area contributed by atoms with Gasteiger partial charge in [0.25, 0.3) is 0 Å². The molecule has 2 fully saturated rings. The number of hydrogen-bond donors (Lipinski definition) is 0. The third-order valence-corrected chi connectivity index (χ3v) is 12.7. The molecule has 8 unspecified atom stereocenters. The van der Waals surface area contributed by atoms with Gasteiger partial charge in [0.2, 0.25) is 0 Å². The van der Waals surface area contributed by atoms with Gasteiger partial charge in [-0.2, -0.15) is 0 Å². The Morgan fingerprint density at radius 1 is 0.863 bits per heavy atom. The van der Waals surface area contributed by atoms with Gasteiger partial charge in [0.05, 0.1) is 23.6 Å². The number of hydrogen-bond acceptors (Lipinski definition) is 3. The highest BCUT2D eigenvalue weighted by atomic mass is 16.5. The lowest BCUT2D eigenvalue weighted by Gasteiger charge is -2.58. The SMILES string of the molecule is C=C1C=C(c2ccc(C3(C4=CC=CC(C)C4)C4C=CC=CC4OC4CCCCC43)cc2)N=C(C2C=CC=CC2)N=C1C1C=C2C=CCCC2=CC1. The first-order chi connectivity index (χ1) is 25.1. The van der Waals surface area contributed by atoms with Gasteiger partial charge in [-0.1, -0.05) is 147 Å². The molecule has 0 N–H and O–H groups in total. The van der Waals surface area contributed by atoms with Gasteiger partial charge in [-0.25, -0.2) is 9.98 Å². The fraction of sp³-hybridized carbons (Fsp3) is 0.375. The Bertz CT molecular complexity index is 1970. The van der Waals surface area contributed by atoms with Crippen molar-refractivity contribution in [3.05, 3.63) is 161 Å². The van der Waals surface area contributed by atoms with Crippen LogP contribution in [0.1, 0.15) is 75.8 Å². The maximum absolute atomic E-state index is 6.94. The highest BCUT2D eigenvalue weighted by molar-refractivity contribution is 6.14. The first kappa shape index (κ1) is 32.6. The third kappa shape index (κ3) is 5.88. The van der Waals surface area contributed by atoms with Gasteiger partial charge < -0.3 is 4.74 Å². The molecule has 51 heavy (non-hydrogen) atoms. The van der Waals surface area contributed by atoms with Crippen LogP contribution in [-0.4, -0.2) is 23.8 Å². The van der Waals surface area contributed by atoms with E-state index in [1.165, 1.54) is 36.0 Å².